The average Bonchev–Trinajstić information content (AvgIpc) is 1.12. The van der Waals surface area contributed by atoms with Gasteiger partial charge in [0.25, 0.3) is 0 Å². The molecule has 0 rings (SSSR count). The van der Waals surface area contributed by atoms with Gasteiger partial charge in [-0.05, 0) is 0 Å². The van der Waals surface area contributed by atoms with E-state index in [2.05, 4.69) is 0 Å². The van der Waals surface area contributed by atoms with Crippen molar-refractivity contribution >= 4 is 10.4 Å². The van der Waals surface area contributed by atoms with Crippen LogP contribution in [0, 0.1) is 0 Å². The van der Waals surface area contributed by atoms with E-state index in [0.717, 1.165) is 0 Å². The Bertz CT molecular complexity index is 294. The van der Waals surface area contributed by atoms with Crippen molar-refractivity contribution in [3.05, 3.63) is 0 Å². The second-order valence-electron chi connectivity index (χ2n) is 0.844. The van der Waals surface area contributed by atoms with E-state index in [0.29, 0.717) is 0 Å². The van der Waals surface area contributed by atoms with Gasteiger partial charge in [-0.15, -0.1) is 0 Å². The van der Waals surface area contributed by atoms with E-state index in [-0.39, 0.29) is 52.8 Å². The van der Waals surface area contributed by atoms with Crippen molar-refractivity contribution in [2.24, 2.45) is 0 Å². The SMILES string of the molecule is O=S(=O)(O)O.[H-].[K+].[O]=[Mn](=[O])(=[O])[OH]. The van der Waals surface area contributed by atoms with E-state index in [1.54, 1.807) is 0 Å². The van der Waals surface area contributed by atoms with Gasteiger partial charge in [-0.3, -0.25) is 9.11 Å². The van der Waals surface area contributed by atoms with Crippen LogP contribution in [0.2, 0.25) is 0 Å². The molecule has 0 atom stereocenters. The van der Waals surface area contributed by atoms with Crippen molar-refractivity contribution in [2.45, 2.75) is 0 Å². The molecule has 11 heavy (non-hydrogen) atoms. The molecule has 3 N–H and O–H groups in total. The Balaban J connectivity index is -0.0000000457. The molecule has 0 saturated heterocycles. The van der Waals surface area contributed by atoms with Crippen molar-refractivity contribution in [3.63, 3.8) is 0 Å². The molecule has 8 nitrogen and oxygen atoms in total. The minimum absolute atomic E-state index is 0. The minimum atomic E-state index is -5.38. The van der Waals surface area contributed by atoms with Gasteiger partial charge in [-0.1, -0.05) is 0 Å². The van der Waals surface area contributed by atoms with Gasteiger partial charge < -0.3 is 1.43 Å². The van der Waals surface area contributed by atoms with Crippen molar-refractivity contribution < 1.29 is 99.0 Å². The number of rotatable bonds is 0. The molecular formula is H4KMnO8S. The molecule has 0 fully saturated rings. The summed E-state index contributed by atoms with van der Waals surface area (Å²) in [5.74, 6) is 0. The Morgan fingerprint density at radius 1 is 1.09 bits per heavy atom. The molecule has 0 aromatic carbocycles. The summed E-state index contributed by atoms with van der Waals surface area (Å²) in [6.45, 7) is 0. The molecule has 0 radical (unpaired) electrons. The normalized spacial score (nSPS) is 10.5. The van der Waals surface area contributed by atoms with Crippen LogP contribution >= 0.6 is 0 Å². The fraction of sp³-hybridized carbons (Fsp3) is 0. The molecule has 0 unspecified atom stereocenters. The summed E-state index contributed by atoms with van der Waals surface area (Å²) in [4.78, 5) is 0. The third-order valence-electron chi connectivity index (χ3n) is 0. The van der Waals surface area contributed by atoms with Crippen LogP contribution in [0.3, 0.4) is 0 Å². The molecule has 0 aliphatic carbocycles. The quantitative estimate of drug-likeness (QED) is 0.291. The van der Waals surface area contributed by atoms with Gasteiger partial charge in [0.1, 0.15) is 0 Å². The number of hydrogen-bond donors (Lipinski definition) is 3. The van der Waals surface area contributed by atoms with E-state index >= 15 is 0 Å². The molecule has 0 saturated carbocycles. The predicted molar refractivity (Wildman–Crippen MR) is 19.6 cm³/mol. The topological polar surface area (TPSA) is 146 Å². The van der Waals surface area contributed by atoms with E-state index in [9.17, 15) is 0 Å². The van der Waals surface area contributed by atoms with Crippen LogP contribution in [0.4, 0.5) is 0 Å². The third kappa shape index (κ3) is 522. The molecule has 0 aromatic heterocycles. The standard InChI is InChI=1S/K.Mn.H2O4S.H2O.3O.H/c;;1-5(2,3)4;;;;;/h;;(H2,1,2,3,4);1H2;;;;/q2*+1;;;;;;-1/p-1. The van der Waals surface area contributed by atoms with Crippen molar-refractivity contribution in [3.8, 4) is 0 Å². The van der Waals surface area contributed by atoms with E-state index in [1.165, 1.54) is 0 Å². The van der Waals surface area contributed by atoms with Gasteiger partial charge in [0.15, 0.2) is 0 Å². The monoisotopic (exact) mass is 258 g/mol. The van der Waals surface area contributed by atoms with Crippen LogP contribution in [0.1, 0.15) is 1.43 Å². The van der Waals surface area contributed by atoms with Gasteiger partial charge in [-0.25, -0.2) is 0 Å². The summed E-state index contributed by atoms with van der Waals surface area (Å²) < 4.78 is 64.6. The van der Waals surface area contributed by atoms with Gasteiger partial charge in [0.2, 0.25) is 0 Å². The Hall–Kier alpha value is 1.39. The zero-order chi connectivity index (χ0) is 9.00. The van der Waals surface area contributed by atoms with Crippen LogP contribution in [-0.4, -0.2) is 21.7 Å². The number of hydrogen-bond acceptors (Lipinski definition) is 5. The van der Waals surface area contributed by atoms with Crippen LogP contribution < -0.4 is 51.4 Å². The molecule has 0 aliphatic heterocycles. The van der Waals surface area contributed by atoms with Gasteiger partial charge in [0, 0.05) is 0 Å². The molecule has 0 aliphatic rings. The molecule has 0 spiro atoms. The fourth-order valence-electron chi connectivity index (χ4n) is 0. The summed E-state index contributed by atoms with van der Waals surface area (Å²) in [7, 11) is -4.67. The summed E-state index contributed by atoms with van der Waals surface area (Å²) in [5.41, 5.74) is 0. The molecule has 66 valence electrons. The van der Waals surface area contributed by atoms with E-state index in [4.69, 9.17) is 33.2 Å². The predicted octanol–water partition coefficient (Wildman–Crippen LogP) is -4.45. The summed E-state index contributed by atoms with van der Waals surface area (Å²) in [6, 6.07) is 0. The Labute approximate surface area is 108 Å². The Morgan fingerprint density at radius 2 is 1.09 bits per heavy atom. The Kier molecular flexibility index (Phi) is 11.4. The third-order valence-corrected chi connectivity index (χ3v) is 0. The van der Waals surface area contributed by atoms with Crippen LogP contribution in [0.15, 0.2) is 0 Å². The molecule has 0 amide bonds. The first-order chi connectivity index (χ1) is 4.00. The van der Waals surface area contributed by atoms with Gasteiger partial charge in [0.05, 0.1) is 0 Å². The summed E-state index contributed by atoms with van der Waals surface area (Å²) in [6.07, 6.45) is 0. The second kappa shape index (κ2) is 6.85. The first-order valence-corrected chi connectivity index (χ1v) is 4.70. The van der Waals surface area contributed by atoms with Crippen molar-refractivity contribution in [1.29, 1.82) is 0 Å². The average molecular weight is 258 g/mol. The molecule has 0 heterocycles. The van der Waals surface area contributed by atoms with E-state index < -0.39 is 23.4 Å². The molecule has 0 aromatic rings. The summed E-state index contributed by atoms with van der Waals surface area (Å²) >= 11 is -5.38. The molecular weight excluding hydrogens is 254 g/mol. The Morgan fingerprint density at radius 3 is 1.09 bits per heavy atom. The van der Waals surface area contributed by atoms with Gasteiger partial charge >= 0.3 is 90.4 Å². The van der Waals surface area contributed by atoms with Gasteiger partial charge in [-0.2, -0.15) is 8.42 Å². The van der Waals surface area contributed by atoms with Crippen molar-refractivity contribution in [2.75, 3.05) is 0 Å². The second-order valence-corrected chi connectivity index (χ2v) is 2.98. The maximum absolute atomic E-state index is 8.74. The zero-order valence-corrected chi connectivity index (χ0v) is 10.3. The molecule has 0 bridgehead atoms. The fourth-order valence-corrected chi connectivity index (χ4v) is 0. The van der Waals surface area contributed by atoms with Crippen LogP contribution in [0.25, 0.3) is 0 Å². The molecule has 11 heteroatoms. The van der Waals surface area contributed by atoms with E-state index in [1.807, 2.05) is 0 Å². The first kappa shape index (κ1) is 18.2. The van der Waals surface area contributed by atoms with Crippen LogP contribution in [0.5, 0.6) is 0 Å². The van der Waals surface area contributed by atoms with Crippen molar-refractivity contribution in [1.82, 2.24) is 0 Å². The van der Waals surface area contributed by atoms with Crippen LogP contribution in [-0.2, 0) is 34.9 Å². The maximum atomic E-state index is 8.74. The zero-order valence-electron chi connectivity index (χ0n) is 6.17. The first-order valence-electron chi connectivity index (χ1n) is 1.33. The summed E-state index contributed by atoms with van der Waals surface area (Å²) in [5, 5.41) is 0.